The van der Waals surface area contributed by atoms with Crippen molar-refractivity contribution in [3.63, 3.8) is 0 Å². The summed E-state index contributed by atoms with van der Waals surface area (Å²) in [5.74, 6) is -0.149. The molecule has 0 aliphatic heterocycles. The Morgan fingerprint density at radius 3 is 1.51 bits per heavy atom. The SMILES string of the molecule is [2H]c1c([2H])c([2H])c(CCP(c2c([2H])c([2H])c([2H])c([2H])c2[2H])C([2H])([2H])c2cccc(Oc3cccc(C([2H])([2H])P(c4c([2H])c([2H])c([2H])c([2H])c4[2H])c4c([2H])c([2H])c([2H])c([2H])c4[2H])c3)c2)c([2H])c1[2H]. The second-order valence-corrected chi connectivity index (χ2v) is 12.4. The van der Waals surface area contributed by atoms with Crippen LogP contribution in [0.15, 0.2) is 169 Å². The first-order valence-corrected chi connectivity index (χ1v) is 15.7. The molecule has 0 amide bonds. The normalized spacial score (nSPS) is 20.3. The average Bonchev–Trinajstić information content (AvgIpc) is 3.30. The van der Waals surface area contributed by atoms with Crippen molar-refractivity contribution in [3.8, 4) is 11.5 Å². The lowest BCUT2D eigenvalue weighted by Gasteiger charge is -2.20. The molecular weight excluding hydrogens is 558 g/mol. The molecule has 0 N–H and O–H groups in total. The molecule has 0 bridgehead atoms. The van der Waals surface area contributed by atoms with Gasteiger partial charge in [0.15, 0.2) is 0 Å². The van der Waals surface area contributed by atoms with E-state index in [4.69, 9.17) is 32.2 Å². The van der Waals surface area contributed by atoms with E-state index in [0.717, 1.165) is 0 Å². The van der Waals surface area contributed by atoms with Gasteiger partial charge in [0.1, 0.15) is 11.5 Å². The summed E-state index contributed by atoms with van der Waals surface area (Å²) in [5, 5.41) is -1.60. The molecule has 0 heterocycles. The van der Waals surface area contributed by atoms with Gasteiger partial charge in [0.2, 0.25) is 0 Å². The molecular formula is C40H36OP2. The predicted octanol–water partition coefficient (Wildman–Crippen LogP) is 9.66. The molecule has 3 heteroatoms. The van der Waals surface area contributed by atoms with E-state index in [-0.39, 0.29) is 46.1 Å². The summed E-state index contributed by atoms with van der Waals surface area (Å²) >= 11 is 0. The highest BCUT2D eigenvalue weighted by Gasteiger charge is 2.16. The second-order valence-electron chi connectivity index (χ2n) is 8.64. The number of hydrogen-bond donors (Lipinski definition) is 0. The standard InChI is InChI=1S/C40H36OP2/c1-5-15-33(16-6-1)27-28-42(38-21-7-2-8-22-38)31-34-17-13-19-36(29-34)41-37-20-14-18-35(30-37)32-43(39-23-9-3-10-24-39)40-25-11-4-12-26-40/h1-26,29-30H,27-28,31-32H2/i1D,2D,3D,4D,5D,6D,7D,8D,9D,10D,11D,12D,15D,16D,21D,22D,23D,24D,25D,26D,31D2,32D2. The molecule has 0 aliphatic carbocycles. The van der Waals surface area contributed by atoms with Crippen molar-refractivity contribution >= 4 is 31.8 Å². The minimum atomic E-state index is -3.10. The Morgan fingerprint density at radius 1 is 0.512 bits per heavy atom. The van der Waals surface area contributed by atoms with Gasteiger partial charge in [-0.25, -0.2) is 0 Å². The van der Waals surface area contributed by atoms with Crippen LogP contribution in [0.25, 0.3) is 0 Å². The van der Waals surface area contributed by atoms with Gasteiger partial charge in [0, 0.05) is 11.6 Å². The molecule has 0 saturated carbocycles. The van der Waals surface area contributed by atoms with Crippen molar-refractivity contribution in [2.24, 2.45) is 0 Å². The van der Waals surface area contributed by atoms with Gasteiger partial charge < -0.3 is 4.74 Å². The highest BCUT2D eigenvalue weighted by molar-refractivity contribution is 7.72. The van der Waals surface area contributed by atoms with Gasteiger partial charge in [-0.1, -0.05) is 153 Å². The molecule has 6 aromatic rings. The summed E-state index contributed by atoms with van der Waals surface area (Å²) in [6, 6.07) is -4.31. The zero-order valence-electron chi connectivity index (χ0n) is 46.3. The van der Waals surface area contributed by atoms with Crippen molar-refractivity contribution < 1.29 is 37.6 Å². The van der Waals surface area contributed by atoms with Gasteiger partial charge in [0.05, 0.1) is 27.4 Å². The van der Waals surface area contributed by atoms with E-state index in [1.54, 1.807) is 0 Å². The lowest BCUT2D eigenvalue weighted by molar-refractivity contribution is 0.482. The zero-order valence-corrected chi connectivity index (χ0v) is 24.1. The third-order valence-corrected chi connectivity index (χ3v) is 9.51. The molecule has 1 atom stereocenters. The van der Waals surface area contributed by atoms with E-state index in [2.05, 4.69) is 0 Å². The van der Waals surface area contributed by atoms with Crippen molar-refractivity contribution in [1.82, 2.24) is 0 Å². The molecule has 6 aromatic carbocycles. The Hall–Kier alpha value is -4.02. The number of ether oxygens (including phenoxy) is 1. The maximum atomic E-state index is 9.53. The fourth-order valence-electron chi connectivity index (χ4n) is 3.84. The van der Waals surface area contributed by atoms with E-state index >= 15 is 0 Å². The zero-order chi connectivity index (χ0) is 50.1. The molecule has 1 unspecified atom stereocenters. The first kappa shape index (κ1) is 12.2. The largest absolute Gasteiger partial charge is 0.457 e. The Kier molecular flexibility index (Phi) is 4.22. The van der Waals surface area contributed by atoms with Gasteiger partial charge in [-0.05, 0) is 83.5 Å². The average molecular weight is 619 g/mol. The minimum absolute atomic E-state index is 0.0563. The van der Waals surface area contributed by atoms with Crippen LogP contribution in [-0.2, 0) is 18.6 Å². The maximum Gasteiger partial charge on any atom is 0.127 e. The number of hydrogen-bond acceptors (Lipinski definition) is 1. The Bertz CT molecular complexity index is 2810. The molecule has 43 heavy (non-hydrogen) atoms. The van der Waals surface area contributed by atoms with Gasteiger partial charge >= 0.3 is 0 Å². The molecule has 212 valence electrons. The topological polar surface area (TPSA) is 9.23 Å². The molecule has 0 saturated heterocycles. The predicted molar refractivity (Wildman–Crippen MR) is 187 cm³/mol. The van der Waals surface area contributed by atoms with Crippen molar-refractivity contribution in [1.29, 1.82) is 0 Å². The monoisotopic (exact) mass is 618 g/mol. The fourth-order valence-corrected chi connectivity index (χ4v) is 7.08. The van der Waals surface area contributed by atoms with Crippen molar-refractivity contribution in [3.05, 3.63) is 186 Å². The second kappa shape index (κ2) is 14.9. The first-order chi connectivity index (χ1) is 31.1. The lowest BCUT2D eigenvalue weighted by atomic mass is 10.2. The maximum absolute atomic E-state index is 9.53. The summed E-state index contributed by atoms with van der Waals surface area (Å²) in [6.45, 7) is 0. The van der Waals surface area contributed by atoms with Crippen LogP contribution < -0.4 is 20.7 Å². The third kappa shape index (κ3) is 8.30. The summed E-state index contributed by atoms with van der Waals surface area (Å²) < 4.78 is 212. The van der Waals surface area contributed by atoms with Crippen molar-refractivity contribution in [2.45, 2.75) is 18.6 Å². The number of rotatable bonds is 12. The highest BCUT2D eigenvalue weighted by Crippen LogP contribution is 2.41. The van der Waals surface area contributed by atoms with Crippen LogP contribution in [0.4, 0.5) is 0 Å². The van der Waals surface area contributed by atoms with Gasteiger partial charge in [0.25, 0.3) is 0 Å². The minimum Gasteiger partial charge on any atom is -0.457 e. The van der Waals surface area contributed by atoms with Gasteiger partial charge in [-0.15, -0.1) is 0 Å². The van der Waals surface area contributed by atoms with Crippen LogP contribution in [0.3, 0.4) is 0 Å². The van der Waals surface area contributed by atoms with Gasteiger partial charge in [-0.3, -0.25) is 0 Å². The van der Waals surface area contributed by atoms with Crippen LogP contribution >= 0.6 is 15.8 Å². The summed E-state index contributed by atoms with van der Waals surface area (Å²) in [7, 11) is -5.65. The van der Waals surface area contributed by atoms with Crippen LogP contribution in [0, 0.1) is 0 Å². The molecule has 0 spiro atoms. The molecule has 0 aromatic heterocycles. The van der Waals surface area contributed by atoms with Gasteiger partial charge in [-0.2, -0.15) is 0 Å². The third-order valence-electron chi connectivity index (χ3n) is 5.72. The van der Waals surface area contributed by atoms with Crippen LogP contribution in [0.2, 0.25) is 0 Å². The molecule has 0 aliphatic rings. The molecule has 0 fully saturated rings. The Balaban J connectivity index is 1.46. The Morgan fingerprint density at radius 2 is 0.977 bits per heavy atom. The summed E-state index contributed by atoms with van der Waals surface area (Å²) in [6.07, 6.45) is -6.12. The van der Waals surface area contributed by atoms with E-state index in [1.165, 1.54) is 48.5 Å². The molecule has 0 radical (unpaired) electrons. The van der Waals surface area contributed by atoms with Crippen molar-refractivity contribution in [2.75, 3.05) is 6.16 Å². The smallest absolute Gasteiger partial charge is 0.127 e. The van der Waals surface area contributed by atoms with Crippen LogP contribution in [0.5, 0.6) is 11.5 Å². The highest BCUT2D eigenvalue weighted by atomic mass is 31.1. The fraction of sp³-hybridized carbons (Fsp3) is 0.100. The summed E-state index contributed by atoms with van der Waals surface area (Å²) in [5.41, 5.74) is -0.555. The quantitative estimate of drug-likeness (QED) is 0.124. The molecule has 6 rings (SSSR count). The van der Waals surface area contributed by atoms with E-state index in [9.17, 15) is 5.48 Å². The Labute approximate surface area is 292 Å². The lowest BCUT2D eigenvalue weighted by Crippen LogP contribution is -2.12. The van der Waals surface area contributed by atoms with E-state index in [0.29, 0.717) is 0 Å². The number of benzene rings is 6. The first-order valence-electron chi connectivity index (χ1n) is 24.8. The van der Waals surface area contributed by atoms with Crippen LogP contribution in [-0.4, -0.2) is 6.16 Å². The summed E-state index contributed by atoms with van der Waals surface area (Å²) in [4.78, 5) is 0. The van der Waals surface area contributed by atoms with Crippen LogP contribution in [0.1, 0.15) is 49.6 Å². The van der Waals surface area contributed by atoms with E-state index < -0.39 is 160 Å². The van der Waals surface area contributed by atoms with E-state index in [1.807, 2.05) is 0 Å². The molecule has 1 nitrogen and oxygen atoms in total.